The molecule has 0 radical (unpaired) electrons. The van der Waals surface area contributed by atoms with Gasteiger partial charge in [-0.05, 0) is 25.7 Å². The molecule has 0 bridgehead atoms. The number of rotatable bonds is 5. The molecule has 2 saturated heterocycles. The number of sulfonamides is 1. The lowest BCUT2D eigenvalue weighted by Gasteiger charge is -2.39. The van der Waals surface area contributed by atoms with Gasteiger partial charge in [0, 0.05) is 31.8 Å². The molecule has 5 nitrogen and oxygen atoms in total. The van der Waals surface area contributed by atoms with Gasteiger partial charge >= 0.3 is 0 Å². The van der Waals surface area contributed by atoms with E-state index in [2.05, 4.69) is 12.2 Å². The van der Waals surface area contributed by atoms with Crippen LogP contribution in [-0.2, 0) is 14.8 Å². The van der Waals surface area contributed by atoms with E-state index >= 15 is 0 Å². The highest BCUT2D eigenvalue weighted by atomic mass is 32.2. The molecule has 112 valence electrons. The van der Waals surface area contributed by atoms with Gasteiger partial charge in [0.2, 0.25) is 10.0 Å². The average Bonchev–Trinajstić information content (AvgIpc) is 2.90. The summed E-state index contributed by atoms with van der Waals surface area (Å²) >= 11 is 0. The predicted molar refractivity (Wildman–Crippen MR) is 75.6 cm³/mol. The maximum atomic E-state index is 12.6. The van der Waals surface area contributed by atoms with Gasteiger partial charge in [-0.1, -0.05) is 13.8 Å². The molecule has 0 amide bonds. The Morgan fingerprint density at radius 1 is 1.32 bits per heavy atom. The van der Waals surface area contributed by atoms with Crippen molar-refractivity contribution in [2.45, 2.75) is 57.7 Å². The largest absolute Gasteiger partial charge is 0.377 e. The summed E-state index contributed by atoms with van der Waals surface area (Å²) in [4.78, 5) is 0. The van der Waals surface area contributed by atoms with Crippen LogP contribution < -0.4 is 5.32 Å². The number of nitrogens with one attached hydrogen (secondary N) is 1. The summed E-state index contributed by atoms with van der Waals surface area (Å²) in [5, 5.41) is 3.43. The molecule has 0 aromatic heterocycles. The van der Waals surface area contributed by atoms with Crippen molar-refractivity contribution in [1.82, 2.24) is 9.62 Å². The third kappa shape index (κ3) is 3.68. The molecule has 0 aromatic carbocycles. The van der Waals surface area contributed by atoms with Gasteiger partial charge in [-0.3, -0.25) is 0 Å². The normalized spacial score (nSPS) is 33.7. The lowest BCUT2D eigenvalue weighted by Crippen LogP contribution is -2.58. The molecule has 0 aliphatic carbocycles. The molecular formula is C13H26N2O3S. The zero-order valence-corrected chi connectivity index (χ0v) is 12.8. The number of hydrogen-bond acceptors (Lipinski definition) is 4. The van der Waals surface area contributed by atoms with Crippen molar-refractivity contribution in [3.8, 4) is 0 Å². The van der Waals surface area contributed by atoms with Crippen LogP contribution in [0.5, 0.6) is 0 Å². The number of piperazine rings is 1. The summed E-state index contributed by atoms with van der Waals surface area (Å²) in [6.07, 6.45) is 3.57. The summed E-state index contributed by atoms with van der Waals surface area (Å²) in [5.41, 5.74) is 0. The van der Waals surface area contributed by atoms with Crippen molar-refractivity contribution in [2.24, 2.45) is 0 Å². The van der Waals surface area contributed by atoms with Gasteiger partial charge in [0.25, 0.3) is 0 Å². The third-order valence-electron chi connectivity index (χ3n) is 4.19. The minimum absolute atomic E-state index is 0.0919. The number of nitrogens with zero attached hydrogens (tertiary/aromatic N) is 1. The molecule has 0 spiro atoms. The van der Waals surface area contributed by atoms with Gasteiger partial charge in [0.15, 0.2) is 0 Å². The Kier molecular flexibility index (Phi) is 5.22. The Morgan fingerprint density at radius 3 is 2.68 bits per heavy atom. The molecule has 0 aromatic rings. The Hall–Kier alpha value is -0.170. The Balaban J connectivity index is 2.05. The first kappa shape index (κ1) is 15.2. The first-order chi connectivity index (χ1) is 9.06. The van der Waals surface area contributed by atoms with Crippen LogP contribution in [0.15, 0.2) is 0 Å². The van der Waals surface area contributed by atoms with Crippen LogP contribution in [0.25, 0.3) is 0 Å². The van der Waals surface area contributed by atoms with E-state index < -0.39 is 10.0 Å². The van der Waals surface area contributed by atoms with Crippen LogP contribution in [0, 0.1) is 0 Å². The molecule has 2 heterocycles. The summed E-state index contributed by atoms with van der Waals surface area (Å²) < 4.78 is 32.4. The van der Waals surface area contributed by atoms with Gasteiger partial charge < -0.3 is 10.1 Å². The standard InChI is InChI=1S/C13H26N2O3S/c1-3-11-9-15(12(4-2)8-14-11)19(16,17)10-13-6-5-7-18-13/h11-14H,3-10H2,1-2H3. The van der Waals surface area contributed by atoms with E-state index in [1.165, 1.54) is 0 Å². The van der Waals surface area contributed by atoms with Crippen LogP contribution in [0.2, 0.25) is 0 Å². The minimum atomic E-state index is -3.20. The molecule has 2 aliphatic rings. The van der Waals surface area contributed by atoms with Crippen molar-refractivity contribution in [2.75, 3.05) is 25.4 Å². The highest BCUT2D eigenvalue weighted by Gasteiger charge is 2.36. The number of ether oxygens (including phenoxy) is 1. The van der Waals surface area contributed by atoms with E-state index in [1.807, 2.05) is 6.92 Å². The minimum Gasteiger partial charge on any atom is -0.377 e. The van der Waals surface area contributed by atoms with Crippen molar-refractivity contribution in [1.29, 1.82) is 0 Å². The molecule has 2 aliphatic heterocycles. The van der Waals surface area contributed by atoms with Crippen LogP contribution in [0.3, 0.4) is 0 Å². The molecule has 19 heavy (non-hydrogen) atoms. The van der Waals surface area contributed by atoms with E-state index in [1.54, 1.807) is 4.31 Å². The first-order valence-electron chi connectivity index (χ1n) is 7.41. The second kappa shape index (κ2) is 6.52. The number of hydrogen-bond donors (Lipinski definition) is 1. The second-order valence-electron chi connectivity index (χ2n) is 5.56. The van der Waals surface area contributed by atoms with Crippen LogP contribution in [0.4, 0.5) is 0 Å². The molecule has 2 rings (SSSR count). The van der Waals surface area contributed by atoms with Crippen molar-refractivity contribution in [3.63, 3.8) is 0 Å². The van der Waals surface area contributed by atoms with E-state index in [0.717, 1.165) is 32.2 Å². The molecule has 3 unspecified atom stereocenters. The Bertz CT molecular complexity index is 379. The predicted octanol–water partition coefficient (Wildman–Crippen LogP) is 0.958. The lowest BCUT2D eigenvalue weighted by molar-refractivity contribution is 0.124. The highest BCUT2D eigenvalue weighted by molar-refractivity contribution is 7.89. The smallest absolute Gasteiger partial charge is 0.217 e. The van der Waals surface area contributed by atoms with Crippen LogP contribution in [-0.4, -0.2) is 56.4 Å². The second-order valence-corrected chi connectivity index (χ2v) is 7.52. The topological polar surface area (TPSA) is 58.6 Å². The van der Waals surface area contributed by atoms with Crippen molar-refractivity contribution in [3.05, 3.63) is 0 Å². The van der Waals surface area contributed by atoms with Crippen LogP contribution >= 0.6 is 0 Å². The van der Waals surface area contributed by atoms with Gasteiger partial charge in [-0.2, -0.15) is 4.31 Å². The molecule has 2 fully saturated rings. The van der Waals surface area contributed by atoms with E-state index in [9.17, 15) is 8.42 Å². The van der Waals surface area contributed by atoms with Crippen molar-refractivity contribution < 1.29 is 13.2 Å². The third-order valence-corrected chi connectivity index (χ3v) is 6.15. The molecule has 3 atom stereocenters. The summed E-state index contributed by atoms with van der Waals surface area (Å²) in [6.45, 7) is 6.21. The SMILES string of the molecule is CCC1CN(S(=O)(=O)CC2CCCO2)C(CC)CN1. The van der Waals surface area contributed by atoms with Gasteiger partial charge in [-0.25, -0.2) is 8.42 Å². The summed E-state index contributed by atoms with van der Waals surface area (Å²) in [6, 6.07) is 0.372. The average molecular weight is 290 g/mol. The monoisotopic (exact) mass is 290 g/mol. The summed E-state index contributed by atoms with van der Waals surface area (Å²) in [7, 11) is -3.20. The maximum Gasteiger partial charge on any atom is 0.217 e. The van der Waals surface area contributed by atoms with Crippen LogP contribution in [0.1, 0.15) is 39.5 Å². The fourth-order valence-corrected chi connectivity index (χ4v) is 4.91. The quantitative estimate of drug-likeness (QED) is 0.819. The molecule has 0 saturated carbocycles. The van der Waals surface area contributed by atoms with E-state index in [4.69, 9.17) is 4.74 Å². The zero-order chi connectivity index (χ0) is 13.9. The van der Waals surface area contributed by atoms with E-state index in [0.29, 0.717) is 13.2 Å². The Labute approximate surface area is 116 Å². The maximum absolute atomic E-state index is 12.6. The fourth-order valence-electron chi connectivity index (χ4n) is 2.90. The molecule has 6 heteroatoms. The van der Waals surface area contributed by atoms with Gasteiger partial charge in [-0.15, -0.1) is 0 Å². The lowest BCUT2D eigenvalue weighted by atomic mass is 10.1. The Morgan fingerprint density at radius 2 is 2.11 bits per heavy atom. The van der Waals surface area contributed by atoms with E-state index in [-0.39, 0.29) is 23.9 Å². The fraction of sp³-hybridized carbons (Fsp3) is 1.00. The van der Waals surface area contributed by atoms with Crippen molar-refractivity contribution >= 4 is 10.0 Å². The van der Waals surface area contributed by atoms with Gasteiger partial charge in [0.1, 0.15) is 0 Å². The molecular weight excluding hydrogens is 264 g/mol. The zero-order valence-electron chi connectivity index (χ0n) is 12.0. The first-order valence-corrected chi connectivity index (χ1v) is 9.02. The molecule has 1 N–H and O–H groups in total. The highest BCUT2D eigenvalue weighted by Crippen LogP contribution is 2.21. The van der Waals surface area contributed by atoms with Gasteiger partial charge in [0.05, 0.1) is 11.9 Å². The summed E-state index contributed by atoms with van der Waals surface area (Å²) in [5.74, 6) is 0.153.